The minimum atomic E-state index is -1.19. The number of nitrogens with two attached hydrogens (primary N) is 1. The van der Waals surface area contributed by atoms with Gasteiger partial charge in [-0.3, -0.25) is 14.5 Å². The lowest BCUT2D eigenvalue weighted by atomic mass is 10.3. The molecule has 0 aromatic rings. The van der Waals surface area contributed by atoms with Crippen molar-refractivity contribution in [2.45, 2.75) is 6.04 Å². The zero-order valence-electron chi connectivity index (χ0n) is 7.64. The smallest absolute Gasteiger partial charge is 0.327 e. The third-order valence-electron chi connectivity index (χ3n) is 1.99. The van der Waals surface area contributed by atoms with Gasteiger partial charge in [0.25, 0.3) is 0 Å². The summed E-state index contributed by atoms with van der Waals surface area (Å²) in [7, 11) is 1.34. The number of carboxylic acids is 1. The summed E-state index contributed by atoms with van der Waals surface area (Å²) >= 11 is 0. The van der Waals surface area contributed by atoms with E-state index < -0.39 is 18.0 Å². The lowest BCUT2D eigenvalue weighted by Crippen LogP contribution is -2.44. The number of aliphatic carboxylic acids is 1. The Balaban J connectivity index is 2.60. The van der Waals surface area contributed by atoms with E-state index in [0.717, 1.165) is 9.80 Å². The maximum atomic E-state index is 11.3. The number of carbonyl (C=O) groups is 3. The first kappa shape index (κ1) is 10.5. The van der Waals surface area contributed by atoms with Gasteiger partial charge in [-0.1, -0.05) is 0 Å². The van der Waals surface area contributed by atoms with Gasteiger partial charge in [0, 0.05) is 13.6 Å². The topological polar surface area (TPSA) is 104 Å². The number of nitrogens with zero attached hydrogens (tertiary/aromatic N) is 2. The van der Waals surface area contributed by atoms with Gasteiger partial charge >= 0.3 is 12.0 Å². The highest BCUT2D eigenvalue weighted by Gasteiger charge is 2.34. The molecule has 0 saturated carbocycles. The van der Waals surface area contributed by atoms with Crippen LogP contribution in [0.2, 0.25) is 0 Å². The molecule has 0 aromatic carbocycles. The molecule has 14 heavy (non-hydrogen) atoms. The molecule has 0 spiro atoms. The lowest BCUT2D eigenvalue weighted by molar-refractivity contribution is -0.139. The van der Waals surface area contributed by atoms with E-state index in [0.29, 0.717) is 0 Å². The summed E-state index contributed by atoms with van der Waals surface area (Å²) in [5.41, 5.74) is 5.23. The predicted molar refractivity (Wildman–Crippen MR) is 45.4 cm³/mol. The molecule has 3 N–H and O–H groups in total. The van der Waals surface area contributed by atoms with Crippen LogP contribution in [0.3, 0.4) is 0 Å². The van der Waals surface area contributed by atoms with Crippen LogP contribution in [0.1, 0.15) is 0 Å². The fourth-order valence-electron chi connectivity index (χ4n) is 1.11. The van der Waals surface area contributed by atoms with E-state index in [1.807, 2.05) is 0 Å². The van der Waals surface area contributed by atoms with Crippen LogP contribution in [0.4, 0.5) is 4.79 Å². The van der Waals surface area contributed by atoms with Crippen molar-refractivity contribution in [2.75, 3.05) is 20.1 Å². The number of hydrogen-bond acceptors (Lipinski definition) is 4. The molecular formula is C7H11N3O4. The molecule has 1 aliphatic heterocycles. The highest BCUT2D eigenvalue weighted by atomic mass is 16.4. The standard InChI is InChI=1S/C7H11N3O4/c1-9-5(11)3-10(7(9)14)2-4(8)6(12)13/h4H,2-3,8H2,1H3,(H,12,13). The minimum absolute atomic E-state index is 0.101. The maximum Gasteiger partial charge on any atom is 0.327 e. The van der Waals surface area contributed by atoms with Crippen LogP contribution in [-0.4, -0.2) is 59.0 Å². The number of rotatable bonds is 3. The Kier molecular flexibility index (Phi) is 2.70. The molecule has 1 rings (SSSR count). The molecule has 1 atom stereocenters. The Morgan fingerprint density at radius 1 is 1.64 bits per heavy atom. The van der Waals surface area contributed by atoms with Gasteiger partial charge in [0.05, 0.1) is 0 Å². The van der Waals surface area contributed by atoms with Gasteiger partial charge in [-0.05, 0) is 0 Å². The molecule has 1 unspecified atom stereocenters. The normalized spacial score (nSPS) is 19.0. The zero-order valence-corrected chi connectivity index (χ0v) is 7.64. The molecule has 0 aromatic heterocycles. The van der Waals surface area contributed by atoms with E-state index in [2.05, 4.69) is 0 Å². The Bertz CT molecular complexity index is 291. The van der Waals surface area contributed by atoms with E-state index in [9.17, 15) is 14.4 Å². The summed E-state index contributed by atoms with van der Waals surface area (Å²) < 4.78 is 0. The maximum absolute atomic E-state index is 11.3. The van der Waals surface area contributed by atoms with E-state index in [1.54, 1.807) is 0 Å². The van der Waals surface area contributed by atoms with Gasteiger partial charge in [0.15, 0.2) is 0 Å². The highest BCUT2D eigenvalue weighted by Crippen LogP contribution is 2.07. The fourth-order valence-corrected chi connectivity index (χ4v) is 1.11. The van der Waals surface area contributed by atoms with Gasteiger partial charge < -0.3 is 15.7 Å². The second kappa shape index (κ2) is 3.62. The van der Waals surface area contributed by atoms with Gasteiger partial charge in [-0.2, -0.15) is 0 Å². The van der Waals surface area contributed by atoms with Gasteiger partial charge in [0.1, 0.15) is 12.6 Å². The number of amides is 3. The third-order valence-corrected chi connectivity index (χ3v) is 1.99. The Morgan fingerprint density at radius 3 is 2.57 bits per heavy atom. The Hall–Kier alpha value is -1.63. The molecule has 1 fully saturated rings. The first-order valence-electron chi connectivity index (χ1n) is 3.97. The molecule has 0 radical (unpaired) electrons. The average Bonchev–Trinajstić information content (AvgIpc) is 2.33. The second-order valence-corrected chi connectivity index (χ2v) is 3.06. The van der Waals surface area contributed by atoms with E-state index in [4.69, 9.17) is 10.8 Å². The van der Waals surface area contributed by atoms with Gasteiger partial charge in [-0.25, -0.2) is 4.79 Å². The summed E-state index contributed by atoms with van der Waals surface area (Å²) in [6.07, 6.45) is 0. The number of imide groups is 1. The fraction of sp³-hybridized carbons (Fsp3) is 0.571. The number of carboxylic acid groups (broad SMARTS) is 1. The first-order chi connectivity index (χ1) is 6.43. The highest BCUT2D eigenvalue weighted by molar-refractivity contribution is 6.01. The molecule has 1 aliphatic rings. The summed E-state index contributed by atoms with van der Waals surface area (Å²) in [6, 6.07) is -1.66. The summed E-state index contributed by atoms with van der Waals surface area (Å²) in [5.74, 6) is -1.55. The molecule has 3 amide bonds. The van der Waals surface area contributed by atoms with Crippen molar-refractivity contribution in [3.63, 3.8) is 0 Å². The molecule has 7 nitrogen and oxygen atoms in total. The number of carbonyl (C=O) groups excluding carboxylic acids is 2. The Morgan fingerprint density at radius 2 is 2.21 bits per heavy atom. The monoisotopic (exact) mass is 201 g/mol. The van der Waals surface area contributed by atoms with Crippen molar-refractivity contribution in [1.29, 1.82) is 0 Å². The van der Waals surface area contributed by atoms with E-state index >= 15 is 0 Å². The summed E-state index contributed by atoms with van der Waals surface area (Å²) in [4.78, 5) is 34.7. The Labute approximate surface area is 80.1 Å². The minimum Gasteiger partial charge on any atom is -0.480 e. The van der Waals surface area contributed by atoms with Crippen LogP contribution in [-0.2, 0) is 9.59 Å². The van der Waals surface area contributed by atoms with E-state index in [-0.39, 0.29) is 19.0 Å². The average molecular weight is 201 g/mol. The molecule has 1 saturated heterocycles. The van der Waals surface area contributed by atoms with Crippen molar-refractivity contribution >= 4 is 17.9 Å². The van der Waals surface area contributed by atoms with Crippen LogP contribution in [0.15, 0.2) is 0 Å². The molecule has 1 heterocycles. The van der Waals surface area contributed by atoms with Crippen molar-refractivity contribution in [1.82, 2.24) is 9.80 Å². The molecular weight excluding hydrogens is 190 g/mol. The second-order valence-electron chi connectivity index (χ2n) is 3.06. The number of urea groups is 1. The van der Waals surface area contributed by atoms with Crippen molar-refractivity contribution in [3.8, 4) is 0 Å². The van der Waals surface area contributed by atoms with Crippen molar-refractivity contribution < 1.29 is 19.5 Å². The quantitative estimate of drug-likeness (QED) is 0.529. The predicted octanol–water partition coefficient (Wildman–Crippen LogP) is -1.71. The molecule has 78 valence electrons. The zero-order chi connectivity index (χ0) is 10.9. The van der Waals surface area contributed by atoms with Crippen LogP contribution >= 0.6 is 0 Å². The van der Waals surface area contributed by atoms with Crippen molar-refractivity contribution in [2.24, 2.45) is 5.73 Å². The summed E-state index contributed by atoms with van der Waals surface area (Å²) in [5, 5.41) is 8.50. The van der Waals surface area contributed by atoms with Gasteiger partial charge in [0.2, 0.25) is 5.91 Å². The molecule has 0 aliphatic carbocycles. The first-order valence-corrected chi connectivity index (χ1v) is 3.97. The third kappa shape index (κ3) is 1.82. The van der Waals surface area contributed by atoms with Crippen LogP contribution < -0.4 is 5.73 Å². The molecule has 0 bridgehead atoms. The largest absolute Gasteiger partial charge is 0.480 e. The van der Waals surface area contributed by atoms with Gasteiger partial charge in [-0.15, -0.1) is 0 Å². The van der Waals surface area contributed by atoms with Crippen LogP contribution in [0.25, 0.3) is 0 Å². The lowest BCUT2D eigenvalue weighted by Gasteiger charge is -2.16. The number of likely N-dealkylation sites (N-methyl/N-ethyl adjacent to an activating group) is 1. The van der Waals surface area contributed by atoms with Crippen LogP contribution in [0, 0.1) is 0 Å². The van der Waals surface area contributed by atoms with Crippen LogP contribution in [0.5, 0.6) is 0 Å². The molecule has 7 heteroatoms. The number of hydrogen-bond donors (Lipinski definition) is 2. The van der Waals surface area contributed by atoms with E-state index in [1.165, 1.54) is 7.05 Å². The van der Waals surface area contributed by atoms with Crippen molar-refractivity contribution in [3.05, 3.63) is 0 Å². The summed E-state index contributed by atoms with van der Waals surface area (Å²) in [6.45, 7) is -0.249. The SMILES string of the molecule is CN1C(=O)CN(CC(N)C(=O)O)C1=O.